The Kier molecular flexibility index (Phi) is 5.14. The quantitative estimate of drug-likeness (QED) is 0.737. The average molecular weight is 330 g/mol. The largest absolute Gasteiger partial charge is 0.342 e. The normalized spacial score (nSPS) is 27.6. The molecule has 6 nitrogen and oxygen atoms in total. The van der Waals surface area contributed by atoms with Crippen LogP contribution in [0.4, 0.5) is 0 Å². The summed E-state index contributed by atoms with van der Waals surface area (Å²) in [6, 6.07) is -0.239. The van der Waals surface area contributed by atoms with E-state index in [9.17, 15) is 18.0 Å². The van der Waals surface area contributed by atoms with Crippen LogP contribution in [0.2, 0.25) is 0 Å². The molecule has 0 radical (unpaired) electrons. The first-order chi connectivity index (χ1) is 10.2. The second-order valence-corrected chi connectivity index (χ2v) is 9.16. The third-order valence-corrected chi connectivity index (χ3v) is 6.39. The molecule has 2 fully saturated rings. The van der Waals surface area contributed by atoms with Gasteiger partial charge in [-0.2, -0.15) is 0 Å². The first kappa shape index (κ1) is 17.2. The number of hydrogen-bond donors (Lipinski definition) is 0. The van der Waals surface area contributed by atoms with Crippen molar-refractivity contribution < 1.29 is 18.0 Å². The van der Waals surface area contributed by atoms with Crippen molar-refractivity contribution in [3.05, 3.63) is 0 Å². The number of rotatable bonds is 5. The van der Waals surface area contributed by atoms with Gasteiger partial charge in [-0.25, -0.2) is 8.42 Å². The molecule has 0 saturated carbocycles. The molecular weight excluding hydrogens is 304 g/mol. The van der Waals surface area contributed by atoms with Gasteiger partial charge in [-0.15, -0.1) is 0 Å². The first-order valence-electron chi connectivity index (χ1n) is 7.94. The van der Waals surface area contributed by atoms with Gasteiger partial charge in [-0.3, -0.25) is 9.59 Å². The predicted molar refractivity (Wildman–Crippen MR) is 84.0 cm³/mol. The van der Waals surface area contributed by atoms with E-state index in [-0.39, 0.29) is 41.7 Å². The first-order valence-corrected chi connectivity index (χ1v) is 9.76. The molecule has 0 aliphatic carbocycles. The minimum Gasteiger partial charge on any atom is -0.342 e. The molecule has 7 heteroatoms. The van der Waals surface area contributed by atoms with Crippen LogP contribution in [0.3, 0.4) is 0 Å². The van der Waals surface area contributed by atoms with E-state index in [0.717, 1.165) is 6.42 Å². The van der Waals surface area contributed by atoms with Gasteiger partial charge in [-0.1, -0.05) is 13.8 Å². The third-order valence-electron chi connectivity index (χ3n) is 4.64. The summed E-state index contributed by atoms with van der Waals surface area (Å²) in [5.74, 6) is 0.336. The Labute approximate surface area is 132 Å². The van der Waals surface area contributed by atoms with E-state index in [1.165, 1.54) is 0 Å². The van der Waals surface area contributed by atoms with E-state index in [1.807, 2.05) is 0 Å². The molecule has 0 aromatic heterocycles. The van der Waals surface area contributed by atoms with Gasteiger partial charge in [0.05, 0.1) is 17.4 Å². The number of amides is 2. The summed E-state index contributed by atoms with van der Waals surface area (Å²) >= 11 is 0. The standard InChI is InChI=1S/C15H26N2O4S/c1-11(2)4-6-17-9-12(8-14(17)18)15(19)16(3)13-5-7-22(20,21)10-13/h11-13H,4-10H2,1-3H3. The Hall–Kier alpha value is -1.11. The van der Waals surface area contributed by atoms with Gasteiger partial charge < -0.3 is 9.80 Å². The molecule has 2 saturated heterocycles. The van der Waals surface area contributed by atoms with Crippen molar-refractivity contribution in [2.45, 2.75) is 39.2 Å². The fraction of sp³-hybridized carbons (Fsp3) is 0.867. The minimum absolute atomic E-state index is 0.0337. The molecule has 2 aliphatic heterocycles. The maximum atomic E-state index is 12.5. The highest BCUT2D eigenvalue weighted by molar-refractivity contribution is 7.91. The molecule has 126 valence electrons. The molecule has 2 aliphatic rings. The number of hydrogen-bond acceptors (Lipinski definition) is 4. The average Bonchev–Trinajstić information content (AvgIpc) is 2.97. The van der Waals surface area contributed by atoms with Crippen LogP contribution in [0.5, 0.6) is 0 Å². The lowest BCUT2D eigenvalue weighted by Gasteiger charge is -2.26. The molecule has 22 heavy (non-hydrogen) atoms. The monoisotopic (exact) mass is 330 g/mol. The zero-order chi connectivity index (χ0) is 16.5. The molecule has 0 spiro atoms. The van der Waals surface area contributed by atoms with Gasteiger partial charge in [0.1, 0.15) is 0 Å². The van der Waals surface area contributed by atoms with E-state index in [0.29, 0.717) is 25.4 Å². The molecule has 2 unspecified atom stereocenters. The van der Waals surface area contributed by atoms with Crippen molar-refractivity contribution in [1.82, 2.24) is 9.80 Å². The van der Waals surface area contributed by atoms with Crippen molar-refractivity contribution in [2.24, 2.45) is 11.8 Å². The molecule has 2 atom stereocenters. The Morgan fingerprint density at radius 1 is 1.41 bits per heavy atom. The fourth-order valence-corrected chi connectivity index (χ4v) is 4.89. The van der Waals surface area contributed by atoms with Crippen molar-refractivity contribution in [3.8, 4) is 0 Å². The highest BCUT2D eigenvalue weighted by atomic mass is 32.2. The maximum absolute atomic E-state index is 12.5. The van der Waals surface area contributed by atoms with Crippen LogP contribution in [0.25, 0.3) is 0 Å². The van der Waals surface area contributed by atoms with Crippen LogP contribution in [-0.4, -0.2) is 67.7 Å². The maximum Gasteiger partial charge on any atom is 0.228 e. The summed E-state index contributed by atoms with van der Waals surface area (Å²) in [6.45, 7) is 5.38. The molecular formula is C15H26N2O4S. The smallest absolute Gasteiger partial charge is 0.228 e. The van der Waals surface area contributed by atoms with Crippen LogP contribution in [0, 0.1) is 11.8 Å². The van der Waals surface area contributed by atoms with Gasteiger partial charge in [-0.05, 0) is 18.8 Å². The Morgan fingerprint density at radius 2 is 2.09 bits per heavy atom. The molecule has 0 aromatic rings. The zero-order valence-electron chi connectivity index (χ0n) is 13.6. The Morgan fingerprint density at radius 3 is 2.64 bits per heavy atom. The van der Waals surface area contributed by atoms with Gasteiger partial charge >= 0.3 is 0 Å². The van der Waals surface area contributed by atoms with Crippen molar-refractivity contribution in [3.63, 3.8) is 0 Å². The predicted octanol–water partition coefficient (Wildman–Crippen LogP) is 0.527. The summed E-state index contributed by atoms with van der Waals surface area (Å²) in [5, 5.41) is 0. The number of sulfone groups is 1. The highest BCUT2D eigenvalue weighted by Gasteiger charge is 2.39. The number of likely N-dealkylation sites (tertiary alicyclic amines) is 1. The number of carbonyl (C=O) groups excluding carboxylic acids is 2. The second kappa shape index (κ2) is 6.56. The lowest BCUT2D eigenvalue weighted by atomic mass is 10.1. The molecule has 2 amide bonds. The summed E-state index contributed by atoms with van der Waals surface area (Å²) in [7, 11) is -1.35. The van der Waals surface area contributed by atoms with E-state index < -0.39 is 9.84 Å². The van der Waals surface area contributed by atoms with Crippen LogP contribution in [-0.2, 0) is 19.4 Å². The number of carbonyl (C=O) groups is 2. The SMILES string of the molecule is CC(C)CCN1CC(C(=O)N(C)C2CCS(=O)(=O)C2)CC1=O. The topological polar surface area (TPSA) is 74.8 Å². The summed E-state index contributed by atoms with van der Waals surface area (Å²) in [5.41, 5.74) is 0. The minimum atomic E-state index is -3.01. The zero-order valence-corrected chi connectivity index (χ0v) is 14.4. The van der Waals surface area contributed by atoms with E-state index in [2.05, 4.69) is 13.8 Å². The summed E-state index contributed by atoms with van der Waals surface area (Å²) in [4.78, 5) is 27.8. The highest BCUT2D eigenvalue weighted by Crippen LogP contribution is 2.24. The van der Waals surface area contributed by atoms with E-state index >= 15 is 0 Å². The van der Waals surface area contributed by atoms with Gasteiger partial charge in [0.15, 0.2) is 9.84 Å². The third kappa shape index (κ3) is 4.00. The lowest BCUT2D eigenvalue weighted by molar-refractivity contribution is -0.136. The van der Waals surface area contributed by atoms with Gasteiger partial charge in [0.2, 0.25) is 11.8 Å². The van der Waals surface area contributed by atoms with Crippen LogP contribution < -0.4 is 0 Å². The molecule has 2 heterocycles. The summed E-state index contributed by atoms with van der Waals surface area (Å²) < 4.78 is 23.1. The van der Waals surface area contributed by atoms with Crippen LogP contribution in [0.1, 0.15) is 33.1 Å². The molecule has 0 bridgehead atoms. The lowest BCUT2D eigenvalue weighted by Crippen LogP contribution is -2.42. The molecule has 2 rings (SSSR count). The van der Waals surface area contributed by atoms with Crippen molar-refractivity contribution in [2.75, 3.05) is 31.6 Å². The van der Waals surface area contributed by atoms with Gasteiger partial charge in [0, 0.05) is 32.6 Å². The van der Waals surface area contributed by atoms with Crippen molar-refractivity contribution >= 4 is 21.7 Å². The molecule has 0 aromatic carbocycles. The van der Waals surface area contributed by atoms with Crippen LogP contribution in [0.15, 0.2) is 0 Å². The Balaban J connectivity index is 1.92. The van der Waals surface area contributed by atoms with Crippen molar-refractivity contribution in [1.29, 1.82) is 0 Å². The van der Waals surface area contributed by atoms with E-state index in [4.69, 9.17) is 0 Å². The number of nitrogens with zero attached hydrogens (tertiary/aromatic N) is 2. The second-order valence-electron chi connectivity index (χ2n) is 6.93. The van der Waals surface area contributed by atoms with Gasteiger partial charge in [0.25, 0.3) is 0 Å². The summed E-state index contributed by atoms with van der Waals surface area (Å²) in [6.07, 6.45) is 1.69. The Bertz CT molecular complexity index is 544. The van der Waals surface area contributed by atoms with E-state index in [1.54, 1.807) is 16.8 Å². The fourth-order valence-electron chi connectivity index (χ4n) is 3.12. The molecule has 0 N–H and O–H groups in total. The van der Waals surface area contributed by atoms with Crippen LogP contribution >= 0.6 is 0 Å².